The number of nitrogens with zero attached hydrogens (tertiary/aromatic N) is 5. The molecule has 0 radical (unpaired) electrons. The molecule has 1 fully saturated rings. The molecule has 0 saturated carbocycles. The summed E-state index contributed by atoms with van der Waals surface area (Å²) in [5, 5.41) is 15.8. The fraction of sp³-hybridized carbons (Fsp3) is 0.622. The van der Waals surface area contributed by atoms with E-state index >= 15 is 0 Å². The lowest BCUT2D eigenvalue weighted by Crippen LogP contribution is -2.56. The minimum absolute atomic E-state index is 0.0290. The van der Waals surface area contributed by atoms with Crippen molar-refractivity contribution in [2.45, 2.75) is 103 Å². The van der Waals surface area contributed by atoms with Gasteiger partial charge in [0.1, 0.15) is 12.1 Å². The summed E-state index contributed by atoms with van der Waals surface area (Å²) in [5.74, 6) is -0.820. The lowest BCUT2D eigenvalue weighted by atomic mass is 9.89. The predicted molar refractivity (Wildman–Crippen MR) is 188 cm³/mol. The van der Waals surface area contributed by atoms with Crippen molar-refractivity contribution in [2.75, 3.05) is 33.1 Å². The van der Waals surface area contributed by atoms with Gasteiger partial charge in [-0.05, 0) is 36.3 Å². The lowest BCUT2D eigenvalue weighted by Gasteiger charge is -2.40. The maximum Gasteiger partial charge on any atom is 0.245 e. The first kappa shape index (κ1) is 39.4. The molecule has 1 saturated heterocycles. The van der Waals surface area contributed by atoms with Crippen LogP contribution in [0.3, 0.4) is 0 Å². The highest BCUT2D eigenvalue weighted by Crippen LogP contribution is 2.30. The van der Waals surface area contributed by atoms with Crippen molar-refractivity contribution in [2.24, 2.45) is 17.8 Å². The molecule has 3 rings (SSSR count). The van der Waals surface area contributed by atoms with Crippen LogP contribution >= 0.6 is 0 Å². The summed E-state index contributed by atoms with van der Waals surface area (Å²) in [7, 11) is 4.90. The van der Waals surface area contributed by atoms with Crippen molar-refractivity contribution >= 4 is 23.7 Å². The molecule has 268 valence electrons. The largest absolute Gasteiger partial charge is 0.379 e. The number of likely N-dealkylation sites (N-methyl/N-ethyl adjacent to an activating group) is 1. The summed E-state index contributed by atoms with van der Waals surface area (Å²) in [6, 6.07) is 11.5. The van der Waals surface area contributed by atoms with Gasteiger partial charge in [-0.2, -0.15) is 5.26 Å². The lowest BCUT2D eigenvalue weighted by molar-refractivity contribution is -0.146. The van der Waals surface area contributed by atoms with Gasteiger partial charge < -0.3 is 29.9 Å². The Hall–Kier alpha value is -4.08. The van der Waals surface area contributed by atoms with E-state index in [4.69, 9.17) is 9.47 Å². The van der Waals surface area contributed by atoms with Gasteiger partial charge in [0.15, 0.2) is 0 Å². The number of amides is 3. The normalized spacial score (nSPS) is 18.8. The molecule has 2 heterocycles. The Labute approximate surface area is 291 Å². The van der Waals surface area contributed by atoms with Gasteiger partial charge in [-0.15, -0.1) is 0 Å². The Morgan fingerprint density at radius 3 is 2.31 bits per heavy atom. The molecule has 2 aromatic rings. The Morgan fingerprint density at radius 1 is 1.06 bits per heavy atom. The second-order valence-corrected chi connectivity index (χ2v) is 13.4. The highest BCUT2D eigenvalue weighted by molar-refractivity contribution is 5.85. The van der Waals surface area contributed by atoms with Gasteiger partial charge in [0.05, 0.1) is 42.7 Å². The molecule has 0 spiro atoms. The Morgan fingerprint density at radius 2 is 1.73 bits per heavy atom. The predicted octanol–water partition coefficient (Wildman–Crippen LogP) is 4.08. The number of carbonyl (C=O) groups is 3. The molecule has 3 amide bonds. The molecule has 8 atom stereocenters. The van der Waals surface area contributed by atoms with Crippen LogP contribution in [0.15, 0.2) is 48.8 Å². The third-order valence-corrected chi connectivity index (χ3v) is 9.80. The first-order valence-electron chi connectivity index (χ1n) is 17.4. The second kappa shape index (κ2) is 19.2. The standard InChI is InChI=1S/C37H55N7O5/c1-9-25(4)33(43(6)36(47)32(24(2)3)42-37-39-18-14-19-40-37)30(48-7)22-31(45)44-20-13-17-29(44)34(49-8)26(5)35(46)41-28(23-38)21-27-15-11-10-12-16-27/h10-12,14-16,18-19,24-26,28-30,32-34H,9,13,17,20-22H2,1-8H3,(H,41,46)(H,39,40,42)/t25-,26+,28-,29?,30+,32?,33-,34+/m0/s1. The van der Waals surface area contributed by atoms with Crippen LogP contribution in [0, 0.1) is 29.1 Å². The van der Waals surface area contributed by atoms with E-state index < -0.39 is 30.2 Å². The topological polar surface area (TPSA) is 150 Å². The molecular weight excluding hydrogens is 622 g/mol. The van der Waals surface area contributed by atoms with Crippen LogP contribution in [0.2, 0.25) is 0 Å². The maximum absolute atomic E-state index is 14.1. The van der Waals surface area contributed by atoms with E-state index in [1.165, 1.54) is 0 Å². The van der Waals surface area contributed by atoms with Gasteiger partial charge >= 0.3 is 0 Å². The van der Waals surface area contributed by atoms with Crippen LogP contribution in [-0.2, 0) is 30.3 Å². The third kappa shape index (κ3) is 10.5. The fourth-order valence-electron chi connectivity index (χ4n) is 6.83. The average Bonchev–Trinajstić information content (AvgIpc) is 3.60. The molecule has 0 aliphatic carbocycles. The number of benzene rings is 1. The number of hydrogen-bond acceptors (Lipinski definition) is 9. The molecule has 12 nitrogen and oxygen atoms in total. The smallest absolute Gasteiger partial charge is 0.245 e. The number of ether oxygens (including phenoxy) is 2. The maximum atomic E-state index is 14.1. The van der Waals surface area contributed by atoms with E-state index in [2.05, 4.69) is 40.5 Å². The van der Waals surface area contributed by atoms with E-state index in [9.17, 15) is 19.6 Å². The van der Waals surface area contributed by atoms with Crippen molar-refractivity contribution in [3.05, 3.63) is 54.4 Å². The summed E-state index contributed by atoms with van der Waals surface area (Å²) < 4.78 is 11.9. The van der Waals surface area contributed by atoms with Crippen molar-refractivity contribution in [3.63, 3.8) is 0 Å². The molecule has 1 aliphatic heterocycles. The number of rotatable bonds is 18. The summed E-state index contributed by atoms with van der Waals surface area (Å²) in [5.41, 5.74) is 0.954. The number of hydrogen-bond donors (Lipinski definition) is 2. The number of likely N-dealkylation sites (tertiary alicyclic amines) is 1. The highest BCUT2D eigenvalue weighted by Gasteiger charge is 2.43. The molecule has 2 N–H and O–H groups in total. The Balaban J connectivity index is 1.75. The zero-order chi connectivity index (χ0) is 36.1. The number of nitrogens with one attached hydrogen (secondary N) is 2. The van der Waals surface area contributed by atoms with Gasteiger partial charge in [-0.1, -0.05) is 71.4 Å². The average molecular weight is 678 g/mol. The molecule has 1 aliphatic rings. The minimum atomic E-state index is -0.693. The highest BCUT2D eigenvalue weighted by atomic mass is 16.5. The minimum Gasteiger partial charge on any atom is -0.379 e. The number of methoxy groups -OCH3 is 2. The molecular formula is C37H55N7O5. The number of carbonyl (C=O) groups excluding carboxylic acids is 3. The van der Waals surface area contributed by atoms with E-state index in [0.29, 0.717) is 25.3 Å². The SMILES string of the molecule is CC[C@H](C)[C@@H]([C@@H](CC(=O)N1CCCC1[C@H](OC)[C@@H](C)C(=O)N[C@H](C#N)Cc1ccccc1)OC)N(C)C(=O)C(Nc1ncccn1)C(C)C. The van der Waals surface area contributed by atoms with Gasteiger partial charge in [0.25, 0.3) is 0 Å². The molecule has 1 aromatic carbocycles. The van der Waals surface area contributed by atoms with Crippen molar-refractivity contribution in [1.29, 1.82) is 5.26 Å². The molecule has 12 heteroatoms. The van der Waals surface area contributed by atoms with Gasteiger partial charge in [0.2, 0.25) is 23.7 Å². The fourth-order valence-corrected chi connectivity index (χ4v) is 6.83. The first-order valence-corrected chi connectivity index (χ1v) is 17.4. The molecule has 1 aromatic heterocycles. The zero-order valence-corrected chi connectivity index (χ0v) is 30.3. The molecule has 49 heavy (non-hydrogen) atoms. The summed E-state index contributed by atoms with van der Waals surface area (Å²) in [6.07, 6.45) is 4.78. The van der Waals surface area contributed by atoms with Crippen LogP contribution in [0.1, 0.15) is 65.9 Å². The Kier molecular flexibility index (Phi) is 15.4. The van der Waals surface area contributed by atoms with Gasteiger partial charge in [-0.25, -0.2) is 9.97 Å². The van der Waals surface area contributed by atoms with Crippen LogP contribution in [0.25, 0.3) is 0 Å². The second-order valence-electron chi connectivity index (χ2n) is 13.4. The Bertz CT molecular complexity index is 1370. The summed E-state index contributed by atoms with van der Waals surface area (Å²) in [6.45, 7) is 10.4. The molecule has 0 bridgehead atoms. The van der Waals surface area contributed by atoms with Crippen molar-refractivity contribution in [3.8, 4) is 6.07 Å². The molecule has 2 unspecified atom stereocenters. The number of aromatic nitrogens is 2. The van der Waals surface area contributed by atoms with E-state index in [0.717, 1.165) is 18.4 Å². The monoisotopic (exact) mass is 677 g/mol. The van der Waals surface area contributed by atoms with E-state index in [-0.39, 0.29) is 48.1 Å². The van der Waals surface area contributed by atoms with Gasteiger partial charge in [0, 0.05) is 46.6 Å². The summed E-state index contributed by atoms with van der Waals surface area (Å²) >= 11 is 0. The number of nitriles is 1. The van der Waals surface area contributed by atoms with E-state index in [1.807, 2.05) is 44.2 Å². The first-order chi connectivity index (χ1) is 23.5. The van der Waals surface area contributed by atoms with Crippen LogP contribution in [-0.4, -0.2) is 102 Å². The van der Waals surface area contributed by atoms with Crippen LogP contribution in [0.5, 0.6) is 0 Å². The van der Waals surface area contributed by atoms with Crippen LogP contribution in [0.4, 0.5) is 5.95 Å². The van der Waals surface area contributed by atoms with Crippen molar-refractivity contribution in [1.82, 2.24) is 25.1 Å². The van der Waals surface area contributed by atoms with Gasteiger partial charge in [-0.3, -0.25) is 14.4 Å². The van der Waals surface area contributed by atoms with Crippen molar-refractivity contribution < 1.29 is 23.9 Å². The summed E-state index contributed by atoms with van der Waals surface area (Å²) in [4.78, 5) is 53.5. The third-order valence-electron chi connectivity index (χ3n) is 9.80. The zero-order valence-electron chi connectivity index (χ0n) is 30.3. The number of anilines is 1. The van der Waals surface area contributed by atoms with Crippen LogP contribution < -0.4 is 10.6 Å². The van der Waals surface area contributed by atoms with E-state index in [1.54, 1.807) is 56.5 Å². The quantitative estimate of drug-likeness (QED) is 0.238.